The van der Waals surface area contributed by atoms with Crippen molar-refractivity contribution in [2.75, 3.05) is 32.8 Å². The van der Waals surface area contributed by atoms with Crippen molar-refractivity contribution in [2.45, 2.75) is 51.7 Å². The molecule has 0 aromatic heterocycles. The van der Waals surface area contributed by atoms with Crippen molar-refractivity contribution in [1.82, 2.24) is 10.2 Å². The molecule has 1 aromatic carbocycles. The number of aliphatic imine (C=N–C) groups is 1. The topological polar surface area (TPSA) is 89.2 Å². The number of nitrogens with zero attached hydrogens (tertiary/aromatic N) is 2. The Morgan fingerprint density at radius 1 is 1.27 bits per heavy atom. The van der Waals surface area contributed by atoms with Crippen LogP contribution in [0.1, 0.15) is 49.8 Å². The van der Waals surface area contributed by atoms with Crippen LogP contribution in [0.5, 0.6) is 0 Å². The molecule has 0 spiro atoms. The van der Waals surface area contributed by atoms with Crippen LogP contribution >= 0.6 is 24.0 Å². The zero-order valence-electron chi connectivity index (χ0n) is 18.0. The second kappa shape index (κ2) is 12.3. The summed E-state index contributed by atoms with van der Waals surface area (Å²) in [6.07, 6.45) is 3.68. The van der Waals surface area contributed by atoms with Gasteiger partial charge in [0.25, 0.3) is 0 Å². The van der Waals surface area contributed by atoms with Gasteiger partial charge in [0.15, 0.2) is 5.96 Å². The van der Waals surface area contributed by atoms with Crippen LogP contribution in [0.2, 0.25) is 0 Å². The van der Waals surface area contributed by atoms with Gasteiger partial charge in [0, 0.05) is 38.2 Å². The molecule has 2 saturated heterocycles. The Balaban J connectivity index is 0.00000320. The monoisotopic (exact) mass is 530 g/mol. The average Bonchev–Trinajstić information content (AvgIpc) is 2.74. The Morgan fingerprint density at radius 3 is 2.63 bits per heavy atom. The lowest BCUT2D eigenvalue weighted by Gasteiger charge is -2.32. The van der Waals surface area contributed by atoms with Gasteiger partial charge in [0.2, 0.25) is 0 Å². The van der Waals surface area contributed by atoms with E-state index in [1.54, 1.807) is 4.90 Å². The molecule has 0 bridgehead atoms. The van der Waals surface area contributed by atoms with Gasteiger partial charge in [-0.05, 0) is 45.1 Å². The van der Waals surface area contributed by atoms with E-state index in [2.05, 4.69) is 41.5 Å². The summed E-state index contributed by atoms with van der Waals surface area (Å²) < 4.78 is 11.1. The molecule has 0 radical (unpaired) electrons. The molecule has 3 N–H and O–H groups in total. The molecular weight excluding hydrogens is 495 g/mol. The molecule has 2 heterocycles. The average molecular weight is 530 g/mol. The first kappa shape index (κ1) is 24.7. The highest BCUT2D eigenvalue weighted by atomic mass is 127. The number of rotatable bonds is 5. The van der Waals surface area contributed by atoms with Crippen LogP contribution in [-0.2, 0) is 9.47 Å². The Bertz CT molecular complexity index is 690. The maximum Gasteiger partial charge on any atom is 0.409 e. The first-order valence-corrected chi connectivity index (χ1v) is 10.7. The number of piperidine rings is 1. The van der Waals surface area contributed by atoms with Crippen molar-refractivity contribution >= 4 is 36.0 Å². The van der Waals surface area contributed by atoms with Gasteiger partial charge in [-0.3, -0.25) is 4.99 Å². The first-order chi connectivity index (χ1) is 14.1. The number of hydrogen-bond acceptors (Lipinski definition) is 4. The molecular formula is C22H35IN4O3. The van der Waals surface area contributed by atoms with Crippen LogP contribution in [0.3, 0.4) is 0 Å². The molecule has 2 aliphatic heterocycles. The second-order valence-corrected chi connectivity index (χ2v) is 7.93. The normalized spacial score (nSPS) is 22.9. The number of aryl methyl sites for hydroxylation is 1. The van der Waals surface area contributed by atoms with Gasteiger partial charge < -0.3 is 25.4 Å². The SMILES string of the molecule is CCOC(=O)N1CCC(NC(N)=NCC2CCCOC2c2ccc(C)cc2)CC1.I. The second-order valence-electron chi connectivity index (χ2n) is 7.93. The van der Waals surface area contributed by atoms with Gasteiger partial charge in [-0.1, -0.05) is 29.8 Å². The van der Waals surface area contributed by atoms with Gasteiger partial charge in [-0.15, -0.1) is 24.0 Å². The van der Waals surface area contributed by atoms with Crippen molar-refractivity contribution in [3.8, 4) is 0 Å². The van der Waals surface area contributed by atoms with Crippen LogP contribution in [0.25, 0.3) is 0 Å². The van der Waals surface area contributed by atoms with E-state index in [0.29, 0.717) is 38.1 Å². The lowest BCUT2D eigenvalue weighted by molar-refractivity contribution is -0.0250. The molecule has 2 fully saturated rings. The largest absolute Gasteiger partial charge is 0.450 e. The third kappa shape index (κ3) is 7.01. The first-order valence-electron chi connectivity index (χ1n) is 10.7. The molecule has 0 saturated carbocycles. The van der Waals surface area contributed by atoms with Gasteiger partial charge >= 0.3 is 6.09 Å². The Labute approximate surface area is 196 Å². The molecule has 30 heavy (non-hydrogen) atoms. The fraction of sp³-hybridized carbons (Fsp3) is 0.636. The Morgan fingerprint density at radius 2 is 1.97 bits per heavy atom. The number of halogens is 1. The predicted octanol–water partition coefficient (Wildman–Crippen LogP) is 3.61. The summed E-state index contributed by atoms with van der Waals surface area (Å²) in [5.74, 6) is 0.810. The van der Waals surface area contributed by atoms with Crippen molar-refractivity contribution in [3.05, 3.63) is 35.4 Å². The maximum absolute atomic E-state index is 11.8. The van der Waals surface area contributed by atoms with Crippen molar-refractivity contribution < 1.29 is 14.3 Å². The van der Waals surface area contributed by atoms with Crippen molar-refractivity contribution in [1.29, 1.82) is 0 Å². The number of carbonyl (C=O) groups is 1. The molecule has 1 amide bonds. The van der Waals surface area contributed by atoms with E-state index in [1.165, 1.54) is 11.1 Å². The van der Waals surface area contributed by atoms with E-state index in [9.17, 15) is 4.79 Å². The molecule has 8 heteroatoms. The highest BCUT2D eigenvalue weighted by Gasteiger charge is 2.28. The van der Waals surface area contributed by atoms with E-state index in [-0.39, 0.29) is 42.2 Å². The number of amides is 1. The highest BCUT2D eigenvalue weighted by Crippen LogP contribution is 2.33. The number of ether oxygens (including phenoxy) is 2. The van der Waals surface area contributed by atoms with E-state index < -0.39 is 0 Å². The minimum Gasteiger partial charge on any atom is -0.450 e. The minimum atomic E-state index is -0.230. The van der Waals surface area contributed by atoms with Crippen LogP contribution in [0, 0.1) is 12.8 Å². The molecule has 7 nitrogen and oxygen atoms in total. The fourth-order valence-corrected chi connectivity index (χ4v) is 4.05. The Kier molecular flexibility index (Phi) is 10.2. The Hall–Kier alpha value is -1.55. The third-order valence-electron chi connectivity index (χ3n) is 5.72. The van der Waals surface area contributed by atoms with Crippen molar-refractivity contribution in [3.63, 3.8) is 0 Å². The van der Waals surface area contributed by atoms with Crippen LogP contribution in [-0.4, -0.2) is 55.8 Å². The van der Waals surface area contributed by atoms with Gasteiger partial charge in [0.05, 0.1) is 12.7 Å². The number of benzene rings is 1. The summed E-state index contributed by atoms with van der Waals surface area (Å²) in [6.45, 7) is 7.13. The van der Waals surface area contributed by atoms with Gasteiger partial charge in [-0.2, -0.15) is 0 Å². The summed E-state index contributed by atoms with van der Waals surface area (Å²) in [6, 6.07) is 8.81. The molecule has 1 aromatic rings. The third-order valence-corrected chi connectivity index (χ3v) is 5.72. The summed E-state index contributed by atoms with van der Waals surface area (Å²) in [5, 5.41) is 3.32. The molecule has 2 aliphatic rings. The smallest absolute Gasteiger partial charge is 0.409 e. The number of nitrogens with two attached hydrogens (primary N) is 1. The lowest BCUT2D eigenvalue weighted by atomic mass is 9.89. The summed E-state index contributed by atoms with van der Waals surface area (Å²) in [7, 11) is 0. The number of likely N-dealkylation sites (tertiary alicyclic amines) is 1. The van der Waals surface area contributed by atoms with Gasteiger partial charge in [0.1, 0.15) is 0 Å². The van der Waals surface area contributed by atoms with E-state index in [0.717, 1.165) is 32.3 Å². The fourth-order valence-electron chi connectivity index (χ4n) is 4.05. The predicted molar refractivity (Wildman–Crippen MR) is 129 cm³/mol. The number of guanidine groups is 1. The summed E-state index contributed by atoms with van der Waals surface area (Å²) in [4.78, 5) is 18.2. The highest BCUT2D eigenvalue weighted by molar-refractivity contribution is 14.0. The lowest BCUT2D eigenvalue weighted by Crippen LogP contribution is -2.48. The standard InChI is InChI=1S/C22H34N4O3.HI/c1-3-28-22(27)26-12-10-19(11-13-26)25-21(23)24-15-18-5-4-14-29-20(18)17-8-6-16(2)7-9-17;/h6-9,18-20H,3-5,10-15H2,1-2H3,(H3,23,24,25);1H. The van der Waals surface area contributed by atoms with Gasteiger partial charge in [-0.25, -0.2) is 4.79 Å². The zero-order chi connectivity index (χ0) is 20.6. The number of nitrogens with one attached hydrogen (secondary N) is 1. The van der Waals surface area contributed by atoms with Crippen LogP contribution in [0.15, 0.2) is 29.3 Å². The minimum absolute atomic E-state index is 0. The number of hydrogen-bond donors (Lipinski definition) is 2. The maximum atomic E-state index is 11.8. The summed E-state index contributed by atoms with van der Waals surface area (Å²) >= 11 is 0. The molecule has 2 atom stereocenters. The molecule has 0 aliphatic carbocycles. The quantitative estimate of drug-likeness (QED) is 0.345. The van der Waals surface area contributed by atoms with E-state index >= 15 is 0 Å². The molecule has 2 unspecified atom stereocenters. The molecule has 168 valence electrons. The van der Waals surface area contributed by atoms with E-state index in [1.807, 2.05) is 6.92 Å². The summed E-state index contributed by atoms with van der Waals surface area (Å²) in [5.41, 5.74) is 8.63. The van der Waals surface area contributed by atoms with Crippen LogP contribution < -0.4 is 11.1 Å². The zero-order valence-corrected chi connectivity index (χ0v) is 20.3. The van der Waals surface area contributed by atoms with Crippen LogP contribution in [0.4, 0.5) is 4.79 Å². The van der Waals surface area contributed by atoms with Crippen molar-refractivity contribution in [2.24, 2.45) is 16.6 Å². The molecule has 3 rings (SSSR count). The number of carbonyl (C=O) groups excluding carboxylic acids is 1. The van der Waals surface area contributed by atoms with E-state index in [4.69, 9.17) is 15.2 Å².